The van der Waals surface area contributed by atoms with Crippen molar-refractivity contribution >= 4 is 0 Å². The Morgan fingerprint density at radius 3 is 2.78 bits per heavy atom. The van der Waals surface area contributed by atoms with Gasteiger partial charge in [0.05, 0.1) is 18.3 Å². The average Bonchev–Trinajstić information content (AvgIpc) is 2.82. The monoisotopic (exact) mass is 249 g/mol. The van der Waals surface area contributed by atoms with Gasteiger partial charge in [-0.3, -0.25) is 10.00 Å². The van der Waals surface area contributed by atoms with Crippen LogP contribution >= 0.6 is 0 Å². The largest absolute Gasteiger partial charge is 0.338 e. The van der Waals surface area contributed by atoms with Gasteiger partial charge in [-0.15, -0.1) is 0 Å². The first kappa shape index (κ1) is 12.8. The maximum atomic E-state index is 5.23. The predicted octanol–water partition coefficient (Wildman–Crippen LogP) is 1.94. The Hall–Kier alpha value is -1.69. The van der Waals surface area contributed by atoms with Crippen molar-refractivity contribution in [3.8, 4) is 11.4 Å². The highest BCUT2D eigenvalue weighted by molar-refractivity contribution is 5.50. The van der Waals surface area contributed by atoms with Crippen molar-refractivity contribution < 1.29 is 4.52 Å². The second-order valence-electron chi connectivity index (χ2n) is 5.73. The fraction of sp³-hybridized carbons (Fsp3) is 0.583. The lowest BCUT2D eigenvalue weighted by molar-refractivity contribution is 0.198. The SMILES string of the molecule is CN(Cc1nc(-c2cn[nH]c2)no1)CC(C)(C)C. The zero-order chi connectivity index (χ0) is 13.2. The second-order valence-corrected chi connectivity index (χ2v) is 5.73. The van der Waals surface area contributed by atoms with Gasteiger partial charge < -0.3 is 4.52 Å². The number of aromatic amines is 1. The number of nitrogens with one attached hydrogen (secondary N) is 1. The first-order valence-electron chi connectivity index (χ1n) is 5.94. The average molecular weight is 249 g/mol. The molecule has 0 bridgehead atoms. The van der Waals surface area contributed by atoms with Crippen molar-refractivity contribution in [3.63, 3.8) is 0 Å². The van der Waals surface area contributed by atoms with E-state index in [1.54, 1.807) is 12.4 Å². The summed E-state index contributed by atoms with van der Waals surface area (Å²) >= 11 is 0. The van der Waals surface area contributed by atoms with Crippen LogP contribution in [0.2, 0.25) is 0 Å². The van der Waals surface area contributed by atoms with Crippen molar-refractivity contribution in [2.75, 3.05) is 13.6 Å². The van der Waals surface area contributed by atoms with Crippen LogP contribution in [0.15, 0.2) is 16.9 Å². The van der Waals surface area contributed by atoms with Crippen molar-refractivity contribution in [3.05, 3.63) is 18.3 Å². The number of H-pyrrole nitrogens is 1. The first-order chi connectivity index (χ1) is 8.44. The normalized spacial score (nSPS) is 12.3. The molecule has 18 heavy (non-hydrogen) atoms. The van der Waals surface area contributed by atoms with Crippen molar-refractivity contribution in [2.45, 2.75) is 27.3 Å². The van der Waals surface area contributed by atoms with E-state index in [9.17, 15) is 0 Å². The van der Waals surface area contributed by atoms with E-state index in [1.807, 2.05) is 7.05 Å². The molecule has 0 fully saturated rings. The number of hydrogen-bond acceptors (Lipinski definition) is 5. The highest BCUT2D eigenvalue weighted by Gasteiger charge is 2.16. The summed E-state index contributed by atoms with van der Waals surface area (Å²) in [6.45, 7) is 8.23. The lowest BCUT2D eigenvalue weighted by Gasteiger charge is -2.25. The molecule has 0 radical (unpaired) electrons. The highest BCUT2D eigenvalue weighted by Crippen LogP contribution is 2.17. The number of aromatic nitrogens is 4. The molecule has 0 unspecified atom stereocenters. The minimum absolute atomic E-state index is 0.252. The molecule has 6 nitrogen and oxygen atoms in total. The van der Waals surface area contributed by atoms with Crippen LogP contribution in [0.5, 0.6) is 0 Å². The van der Waals surface area contributed by atoms with Gasteiger partial charge in [0.15, 0.2) is 0 Å². The van der Waals surface area contributed by atoms with Gasteiger partial charge in [0.1, 0.15) is 0 Å². The summed E-state index contributed by atoms with van der Waals surface area (Å²) < 4.78 is 5.23. The van der Waals surface area contributed by atoms with Crippen molar-refractivity contribution in [2.24, 2.45) is 5.41 Å². The van der Waals surface area contributed by atoms with Crippen molar-refractivity contribution in [1.29, 1.82) is 0 Å². The molecule has 0 spiro atoms. The summed E-state index contributed by atoms with van der Waals surface area (Å²) in [5.74, 6) is 1.20. The van der Waals surface area contributed by atoms with Gasteiger partial charge in [0.25, 0.3) is 0 Å². The molecule has 6 heteroatoms. The van der Waals surface area contributed by atoms with Crippen LogP contribution < -0.4 is 0 Å². The molecule has 0 amide bonds. The minimum atomic E-state index is 0.252. The molecule has 2 heterocycles. The third-order valence-electron chi connectivity index (χ3n) is 2.37. The molecule has 0 saturated heterocycles. The fourth-order valence-corrected chi connectivity index (χ4v) is 1.91. The standard InChI is InChI=1S/C12H19N5O/c1-12(2,3)8-17(4)7-10-15-11(16-18-10)9-5-13-14-6-9/h5-6H,7-8H2,1-4H3,(H,13,14). The Morgan fingerprint density at radius 1 is 1.39 bits per heavy atom. The van der Waals surface area contributed by atoms with E-state index in [4.69, 9.17) is 4.52 Å². The van der Waals surface area contributed by atoms with E-state index >= 15 is 0 Å². The highest BCUT2D eigenvalue weighted by atomic mass is 16.5. The lowest BCUT2D eigenvalue weighted by atomic mass is 9.96. The topological polar surface area (TPSA) is 70.8 Å². The summed E-state index contributed by atoms with van der Waals surface area (Å²) in [4.78, 5) is 6.52. The van der Waals surface area contributed by atoms with Gasteiger partial charge in [-0.1, -0.05) is 25.9 Å². The fourth-order valence-electron chi connectivity index (χ4n) is 1.91. The molecule has 0 aliphatic rings. The first-order valence-corrected chi connectivity index (χ1v) is 5.94. The Kier molecular flexibility index (Phi) is 3.47. The third kappa shape index (κ3) is 3.40. The predicted molar refractivity (Wildman–Crippen MR) is 67.7 cm³/mol. The molecule has 2 aromatic rings. The zero-order valence-corrected chi connectivity index (χ0v) is 11.3. The molecule has 2 rings (SSSR count). The molecule has 0 aliphatic carbocycles. The van der Waals surface area contributed by atoms with E-state index in [-0.39, 0.29) is 5.41 Å². The van der Waals surface area contributed by atoms with Gasteiger partial charge in [0, 0.05) is 12.7 Å². The van der Waals surface area contributed by atoms with Gasteiger partial charge in [-0.25, -0.2) is 0 Å². The molecular formula is C12H19N5O. The van der Waals surface area contributed by atoms with E-state index in [1.165, 1.54) is 0 Å². The molecule has 0 aromatic carbocycles. The van der Waals surface area contributed by atoms with Crippen LogP contribution in [0.25, 0.3) is 11.4 Å². The van der Waals surface area contributed by atoms with Crippen LogP contribution in [-0.2, 0) is 6.54 Å². The molecule has 2 aromatic heterocycles. The summed E-state index contributed by atoms with van der Waals surface area (Å²) in [6.07, 6.45) is 3.42. The van der Waals surface area contributed by atoms with Gasteiger partial charge in [0.2, 0.25) is 11.7 Å². The van der Waals surface area contributed by atoms with Gasteiger partial charge in [-0.2, -0.15) is 10.1 Å². The second kappa shape index (κ2) is 4.89. The molecule has 98 valence electrons. The summed E-state index contributed by atoms with van der Waals surface area (Å²) in [5, 5.41) is 10.5. The Labute approximate surface area is 106 Å². The van der Waals surface area contributed by atoms with E-state index in [2.05, 4.69) is 46.0 Å². The van der Waals surface area contributed by atoms with E-state index < -0.39 is 0 Å². The van der Waals surface area contributed by atoms with Crippen LogP contribution in [0, 0.1) is 5.41 Å². The Balaban J connectivity index is 1.99. The summed E-state index contributed by atoms with van der Waals surface area (Å²) in [7, 11) is 2.05. The third-order valence-corrected chi connectivity index (χ3v) is 2.37. The molecule has 0 aliphatic heterocycles. The van der Waals surface area contributed by atoms with Crippen LogP contribution in [0.1, 0.15) is 26.7 Å². The smallest absolute Gasteiger partial charge is 0.241 e. The molecular weight excluding hydrogens is 230 g/mol. The Bertz CT molecular complexity index is 483. The molecule has 0 atom stereocenters. The maximum absolute atomic E-state index is 5.23. The molecule has 0 saturated carbocycles. The van der Waals surface area contributed by atoms with Crippen LogP contribution in [0.4, 0.5) is 0 Å². The quantitative estimate of drug-likeness (QED) is 0.896. The van der Waals surface area contributed by atoms with Crippen LogP contribution in [-0.4, -0.2) is 38.8 Å². The van der Waals surface area contributed by atoms with Gasteiger partial charge >= 0.3 is 0 Å². The van der Waals surface area contributed by atoms with Crippen molar-refractivity contribution in [1.82, 2.24) is 25.2 Å². The Morgan fingerprint density at radius 2 is 2.17 bits per heavy atom. The number of hydrogen-bond donors (Lipinski definition) is 1. The van der Waals surface area contributed by atoms with E-state index in [0.717, 1.165) is 12.1 Å². The number of rotatable bonds is 4. The van der Waals surface area contributed by atoms with E-state index in [0.29, 0.717) is 18.3 Å². The van der Waals surface area contributed by atoms with Crippen LogP contribution in [0.3, 0.4) is 0 Å². The minimum Gasteiger partial charge on any atom is -0.338 e. The maximum Gasteiger partial charge on any atom is 0.241 e. The molecule has 1 N–H and O–H groups in total. The van der Waals surface area contributed by atoms with Gasteiger partial charge in [-0.05, 0) is 12.5 Å². The number of nitrogens with zero attached hydrogens (tertiary/aromatic N) is 4. The lowest BCUT2D eigenvalue weighted by Crippen LogP contribution is -2.28. The summed E-state index contributed by atoms with van der Waals surface area (Å²) in [6, 6.07) is 0. The summed E-state index contributed by atoms with van der Waals surface area (Å²) in [5.41, 5.74) is 1.09. The zero-order valence-electron chi connectivity index (χ0n) is 11.3.